The molecule has 1 saturated heterocycles. The van der Waals surface area contributed by atoms with Gasteiger partial charge in [0.2, 0.25) is 0 Å². The van der Waals surface area contributed by atoms with E-state index in [4.69, 9.17) is 5.73 Å². The Balaban J connectivity index is 1.74. The number of nitrogens with two attached hydrogens (primary N) is 1. The zero-order chi connectivity index (χ0) is 17.8. The smallest absolute Gasteiger partial charge is 0.272 e. The predicted octanol–water partition coefficient (Wildman–Crippen LogP) is 2.33. The highest BCUT2D eigenvalue weighted by Crippen LogP contribution is 2.30. The van der Waals surface area contributed by atoms with E-state index in [-0.39, 0.29) is 11.4 Å². The molecule has 0 aliphatic carbocycles. The third-order valence-electron chi connectivity index (χ3n) is 4.35. The summed E-state index contributed by atoms with van der Waals surface area (Å²) in [7, 11) is 0. The number of hydrogen-bond donors (Lipinski definition) is 3. The average Bonchev–Trinajstić information content (AvgIpc) is 2.62. The molecule has 1 aromatic carbocycles. The molecule has 132 valence electrons. The molecule has 8 heteroatoms. The molecule has 1 atom stereocenters. The molecule has 2 heterocycles. The Morgan fingerprint density at radius 1 is 1.32 bits per heavy atom. The fourth-order valence-corrected chi connectivity index (χ4v) is 2.96. The van der Waals surface area contributed by atoms with Crippen molar-refractivity contribution in [3.8, 4) is 0 Å². The summed E-state index contributed by atoms with van der Waals surface area (Å²) < 4.78 is 13.6. The molecule has 0 radical (unpaired) electrons. The largest absolute Gasteiger partial charge is 0.393 e. The molecule has 1 fully saturated rings. The van der Waals surface area contributed by atoms with Gasteiger partial charge in [-0.25, -0.2) is 14.4 Å². The molecule has 1 aliphatic heterocycles. The van der Waals surface area contributed by atoms with Crippen LogP contribution in [0.5, 0.6) is 0 Å². The molecule has 0 bridgehead atoms. The van der Waals surface area contributed by atoms with Crippen LogP contribution in [0.25, 0.3) is 0 Å². The summed E-state index contributed by atoms with van der Waals surface area (Å²) in [6.45, 7) is 3.01. The molecule has 25 heavy (non-hydrogen) atoms. The second kappa shape index (κ2) is 7.33. The molecule has 1 unspecified atom stereocenters. The number of piperidine rings is 1. The molecule has 2 aromatic rings. The molecule has 0 spiro atoms. The van der Waals surface area contributed by atoms with Crippen LogP contribution in [0.3, 0.4) is 0 Å². The lowest BCUT2D eigenvalue weighted by Gasteiger charge is -2.35. The number of carbonyl (C=O) groups is 1. The number of hydrogen-bond acceptors (Lipinski definition) is 6. The minimum absolute atomic E-state index is 0.0625. The highest BCUT2D eigenvalue weighted by molar-refractivity contribution is 5.95. The van der Waals surface area contributed by atoms with Gasteiger partial charge in [-0.05, 0) is 38.3 Å². The number of rotatable bonds is 4. The minimum atomic E-state index is -0.607. The summed E-state index contributed by atoms with van der Waals surface area (Å²) >= 11 is 0. The number of carbonyl (C=O) groups excluding carboxylic acids is 1. The van der Waals surface area contributed by atoms with E-state index >= 15 is 0 Å². The van der Waals surface area contributed by atoms with Gasteiger partial charge in [-0.3, -0.25) is 15.6 Å². The topological polar surface area (TPSA) is 96.2 Å². The van der Waals surface area contributed by atoms with Crippen molar-refractivity contribution in [3.05, 3.63) is 42.0 Å². The Kier molecular flexibility index (Phi) is 4.97. The van der Waals surface area contributed by atoms with Gasteiger partial charge in [-0.15, -0.1) is 0 Å². The number of anilines is 3. The van der Waals surface area contributed by atoms with E-state index in [2.05, 4.69) is 32.6 Å². The monoisotopic (exact) mass is 344 g/mol. The third-order valence-corrected chi connectivity index (χ3v) is 4.35. The first-order valence-electron chi connectivity index (χ1n) is 8.26. The Morgan fingerprint density at radius 2 is 2.12 bits per heavy atom. The number of nitrogens with zero attached hydrogens (tertiary/aromatic N) is 3. The van der Waals surface area contributed by atoms with E-state index in [0.29, 0.717) is 17.5 Å². The first-order chi connectivity index (χ1) is 12.1. The van der Waals surface area contributed by atoms with E-state index in [1.807, 2.05) is 0 Å². The normalized spacial score (nSPS) is 17.2. The number of nitrogens with one attached hydrogen (secondary N) is 2. The second-order valence-electron chi connectivity index (χ2n) is 6.06. The zero-order valence-electron chi connectivity index (χ0n) is 14.0. The van der Waals surface area contributed by atoms with Crippen molar-refractivity contribution in [3.63, 3.8) is 0 Å². The second-order valence-corrected chi connectivity index (χ2v) is 6.06. The van der Waals surface area contributed by atoms with Crippen molar-refractivity contribution in [2.75, 3.05) is 22.6 Å². The van der Waals surface area contributed by atoms with Gasteiger partial charge in [0.1, 0.15) is 17.8 Å². The van der Waals surface area contributed by atoms with Crippen molar-refractivity contribution in [1.29, 1.82) is 0 Å². The summed E-state index contributed by atoms with van der Waals surface area (Å²) in [6.07, 6.45) is 4.74. The Bertz CT molecular complexity index is 769. The zero-order valence-corrected chi connectivity index (χ0v) is 14.0. The SMILES string of the molecule is CC1CCCCN1c1ncnc(NNC(=O)c2ccccc2F)c1N. The van der Waals surface area contributed by atoms with Crippen LogP contribution in [0.2, 0.25) is 0 Å². The maximum atomic E-state index is 13.6. The highest BCUT2D eigenvalue weighted by Gasteiger charge is 2.23. The van der Waals surface area contributed by atoms with Gasteiger partial charge in [0.15, 0.2) is 11.6 Å². The van der Waals surface area contributed by atoms with Crippen LogP contribution in [0, 0.1) is 5.82 Å². The van der Waals surface area contributed by atoms with Crippen LogP contribution in [0.1, 0.15) is 36.5 Å². The lowest BCUT2D eigenvalue weighted by molar-refractivity contribution is 0.0958. The number of nitrogen functional groups attached to an aromatic ring is 1. The molecule has 0 saturated carbocycles. The molecule has 1 amide bonds. The van der Waals surface area contributed by atoms with Gasteiger partial charge in [-0.1, -0.05) is 12.1 Å². The van der Waals surface area contributed by atoms with Gasteiger partial charge < -0.3 is 10.6 Å². The molecular formula is C17H21FN6O. The van der Waals surface area contributed by atoms with Crippen LogP contribution < -0.4 is 21.5 Å². The molecule has 3 rings (SSSR count). The van der Waals surface area contributed by atoms with Crippen LogP contribution in [0.4, 0.5) is 21.7 Å². The Morgan fingerprint density at radius 3 is 2.88 bits per heavy atom. The van der Waals surface area contributed by atoms with E-state index in [1.165, 1.54) is 30.9 Å². The highest BCUT2D eigenvalue weighted by atomic mass is 19.1. The first-order valence-corrected chi connectivity index (χ1v) is 8.26. The fraction of sp³-hybridized carbons (Fsp3) is 0.353. The van der Waals surface area contributed by atoms with E-state index in [0.717, 1.165) is 19.4 Å². The first kappa shape index (κ1) is 16.9. The number of hydrazine groups is 1. The maximum Gasteiger partial charge on any atom is 0.272 e. The van der Waals surface area contributed by atoms with Crippen LogP contribution >= 0.6 is 0 Å². The summed E-state index contributed by atoms with van der Waals surface area (Å²) in [4.78, 5) is 22.6. The molecule has 7 nitrogen and oxygen atoms in total. The van der Waals surface area contributed by atoms with Crippen molar-refractivity contribution in [2.45, 2.75) is 32.2 Å². The molecule has 4 N–H and O–H groups in total. The number of benzene rings is 1. The number of halogens is 1. The lowest BCUT2D eigenvalue weighted by atomic mass is 10.0. The van der Waals surface area contributed by atoms with Gasteiger partial charge in [0.25, 0.3) is 5.91 Å². The van der Waals surface area contributed by atoms with Crippen molar-refractivity contribution >= 4 is 23.2 Å². The standard InChI is InChI=1S/C17H21FN6O/c1-11-6-4-5-9-24(11)16-14(19)15(20-10-21-16)22-23-17(25)12-7-2-3-8-13(12)18/h2-3,7-8,10-11H,4-6,9,19H2,1H3,(H,23,25)(H,20,21,22). The van der Waals surface area contributed by atoms with Crippen molar-refractivity contribution < 1.29 is 9.18 Å². The number of amides is 1. The number of aromatic nitrogens is 2. The van der Waals surface area contributed by atoms with Gasteiger partial charge in [0, 0.05) is 12.6 Å². The van der Waals surface area contributed by atoms with Crippen LogP contribution in [0.15, 0.2) is 30.6 Å². The molecule has 1 aromatic heterocycles. The Labute approximate surface area is 145 Å². The minimum Gasteiger partial charge on any atom is -0.393 e. The fourth-order valence-electron chi connectivity index (χ4n) is 2.96. The van der Waals surface area contributed by atoms with Crippen molar-refractivity contribution in [2.24, 2.45) is 0 Å². The summed E-state index contributed by atoms with van der Waals surface area (Å²) in [5.41, 5.74) is 11.6. The predicted molar refractivity (Wildman–Crippen MR) is 94.6 cm³/mol. The van der Waals surface area contributed by atoms with Gasteiger partial charge in [-0.2, -0.15) is 0 Å². The third kappa shape index (κ3) is 3.62. The molecule has 1 aliphatic rings. The van der Waals surface area contributed by atoms with Crippen LogP contribution in [-0.4, -0.2) is 28.5 Å². The quantitative estimate of drug-likeness (QED) is 0.737. The van der Waals surface area contributed by atoms with Crippen LogP contribution in [-0.2, 0) is 0 Å². The van der Waals surface area contributed by atoms with E-state index in [1.54, 1.807) is 6.07 Å². The molecular weight excluding hydrogens is 323 g/mol. The Hall–Kier alpha value is -2.90. The maximum absolute atomic E-state index is 13.6. The van der Waals surface area contributed by atoms with E-state index < -0.39 is 11.7 Å². The van der Waals surface area contributed by atoms with Crippen molar-refractivity contribution in [1.82, 2.24) is 15.4 Å². The summed E-state index contributed by atoms with van der Waals surface area (Å²) in [6, 6.07) is 6.08. The summed E-state index contributed by atoms with van der Waals surface area (Å²) in [5, 5.41) is 0. The average molecular weight is 344 g/mol. The van der Waals surface area contributed by atoms with E-state index in [9.17, 15) is 9.18 Å². The summed E-state index contributed by atoms with van der Waals surface area (Å²) in [5.74, 6) is -0.276. The lowest BCUT2D eigenvalue weighted by Crippen LogP contribution is -2.39. The van der Waals surface area contributed by atoms with Gasteiger partial charge >= 0.3 is 0 Å². The van der Waals surface area contributed by atoms with Gasteiger partial charge in [0.05, 0.1) is 5.56 Å².